The fraction of sp³-hybridized carbons (Fsp3) is 0.480. The van der Waals surface area contributed by atoms with Crippen LogP contribution in [0.1, 0.15) is 19.8 Å². The number of hydrogen-bond acceptors (Lipinski definition) is 6. The maximum Gasteiger partial charge on any atom is 0.243 e. The van der Waals surface area contributed by atoms with Gasteiger partial charge < -0.3 is 19.3 Å². The van der Waals surface area contributed by atoms with Gasteiger partial charge in [0.1, 0.15) is 11.5 Å². The number of piperazine rings is 1. The van der Waals surface area contributed by atoms with Crippen molar-refractivity contribution in [2.24, 2.45) is 5.92 Å². The van der Waals surface area contributed by atoms with Gasteiger partial charge >= 0.3 is 0 Å². The molecule has 2 saturated heterocycles. The minimum atomic E-state index is -3.66. The summed E-state index contributed by atoms with van der Waals surface area (Å²) < 4.78 is 38.8. The van der Waals surface area contributed by atoms with E-state index in [0.29, 0.717) is 57.9 Å². The maximum absolute atomic E-state index is 13.3. The number of sulfonamides is 1. The van der Waals surface area contributed by atoms with Crippen molar-refractivity contribution in [1.29, 1.82) is 0 Å². The number of piperidine rings is 1. The van der Waals surface area contributed by atoms with E-state index in [0.717, 1.165) is 11.4 Å². The zero-order valence-corrected chi connectivity index (χ0v) is 20.7. The standard InChI is InChI=1S/C25H33N3O5S/c1-3-33-21-10-12-22(13-11-21)34(30,31)28-14-6-7-20(19-28)25(29)27-17-15-26(16-18-27)23-8-4-5-9-24(23)32-2/h4-5,8-13,20H,3,6-7,14-19H2,1-2H3/t20-/m0/s1. The second-order valence-corrected chi connectivity index (χ2v) is 10.5. The molecule has 2 heterocycles. The maximum atomic E-state index is 13.3. The van der Waals surface area contributed by atoms with E-state index >= 15 is 0 Å². The molecule has 2 aromatic rings. The van der Waals surface area contributed by atoms with Crippen LogP contribution in [0.5, 0.6) is 11.5 Å². The van der Waals surface area contributed by atoms with E-state index in [-0.39, 0.29) is 23.3 Å². The highest BCUT2D eigenvalue weighted by Gasteiger charge is 2.36. The average molecular weight is 488 g/mol. The van der Waals surface area contributed by atoms with Crippen molar-refractivity contribution in [3.63, 3.8) is 0 Å². The SMILES string of the molecule is CCOc1ccc(S(=O)(=O)N2CCC[C@H](C(=O)N3CCN(c4ccccc4OC)CC3)C2)cc1. The summed E-state index contributed by atoms with van der Waals surface area (Å²) in [5.41, 5.74) is 1.03. The second kappa shape index (κ2) is 10.7. The lowest BCUT2D eigenvalue weighted by Gasteiger charge is -2.39. The molecule has 2 fully saturated rings. The normalized spacial score (nSPS) is 19.6. The Hall–Kier alpha value is -2.78. The lowest BCUT2D eigenvalue weighted by molar-refractivity contribution is -0.137. The summed E-state index contributed by atoms with van der Waals surface area (Å²) in [4.78, 5) is 17.6. The van der Waals surface area contributed by atoms with E-state index in [4.69, 9.17) is 9.47 Å². The first-order valence-corrected chi connectivity index (χ1v) is 13.3. The molecule has 0 radical (unpaired) electrons. The first kappa shape index (κ1) is 24.3. The number of methoxy groups -OCH3 is 1. The van der Waals surface area contributed by atoms with Crippen molar-refractivity contribution in [1.82, 2.24) is 9.21 Å². The van der Waals surface area contributed by atoms with Crippen molar-refractivity contribution in [3.05, 3.63) is 48.5 Å². The topological polar surface area (TPSA) is 79.4 Å². The summed E-state index contributed by atoms with van der Waals surface area (Å²) in [7, 11) is -2.00. The quantitative estimate of drug-likeness (QED) is 0.598. The lowest BCUT2D eigenvalue weighted by atomic mass is 9.97. The van der Waals surface area contributed by atoms with E-state index < -0.39 is 10.0 Å². The largest absolute Gasteiger partial charge is 0.495 e. The first-order valence-electron chi connectivity index (χ1n) is 11.8. The molecule has 0 unspecified atom stereocenters. The minimum Gasteiger partial charge on any atom is -0.495 e. The van der Waals surface area contributed by atoms with Gasteiger partial charge in [0, 0.05) is 39.3 Å². The number of benzene rings is 2. The molecular formula is C25H33N3O5S. The minimum absolute atomic E-state index is 0.0475. The molecule has 0 aliphatic carbocycles. The van der Waals surface area contributed by atoms with Crippen molar-refractivity contribution < 1.29 is 22.7 Å². The third-order valence-electron chi connectivity index (χ3n) is 6.52. The van der Waals surface area contributed by atoms with Crippen LogP contribution in [0, 0.1) is 5.92 Å². The Morgan fingerprint density at radius 1 is 1.00 bits per heavy atom. The van der Waals surface area contributed by atoms with Gasteiger partial charge in [0.2, 0.25) is 15.9 Å². The van der Waals surface area contributed by atoms with Crippen LogP contribution in [0.4, 0.5) is 5.69 Å². The zero-order valence-electron chi connectivity index (χ0n) is 19.9. The first-order chi connectivity index (χ1) is 16.4. The number of rotatable bonds is 7. The molecule has 2 aliphatic rings. The van der Waals surface area contributed by atoms with Crippen LogP contribution in [0.25, 0.3) is 0 Å². The molecule has 2 aromatic carbocycles. The molecular weight excluding hydrogens is 454 g/mol. The fourth-order valence-electron chi connectivity index (χ4n) is 4.70. The van der Waals surface area contributed by atoms with Crippen LogP contribution in [0.2, 0.25) is 0 Å². The third-order valence-corrected chi connectivity index (χ3v) is 8.40. The Balaban J connectivity index is 1.38. The fourth-order valence-corrected chi connectivity index (χ4v) is 6.23. The molecule has 0 bridgehead atoms. The Labute approximate surface area is 202 Å². The Kier molecular flexibility index (Phi) is 7.63. The van der Waals surface area contributed by atoms with Gasteiger partial charge in [-0.3, -0.25) is 4.79 Å². The van der Waals surface area contributed by atoms with E-state index in [1.807, 2.05) is 36.1 Å². The number of nitrogens with zero attached hydrogens (tertiary/aromatic N) is 3. The Morgan fingerprint density at radius 2 is 1.71 bits per heavy atom. The summed E-state index contributed by atoms with van der Waals surface area (Å²) in [6.45, 7) is 5.71. The van der Waals surface area contributed by atoms with Crippen molar-refractivity contribution in [2.75, 3.05) is 57.9 Å². The monoisotopic (exact) mass is 487 g/mol. The van der Waals surface area contributed by atoms with Gasteiger partial charge in [-0.2, -0.15) is 4.31 Å². The molecule has 34 heavy (non-hydrogen) atoms. The van der Waals surface area contributed by atoms with Crippen LogP contribution in [-0.4, -0.2) is 76.5 Å². The molecule has 184 valence electrons. The van der Waals surface area contributed by atoms with Crippen molar-refractivity contribution in [3.8, 4) is 11.5 Å². The highest BCUT2D eigenvalue weighted by molar-refractivity contribution is 7.89. The van der Waals surface area contributed by atoms with E-state index in [1.54, 1.807) is 31.4 Å². The lowest BCUT2D eigenvalue weighted by Crippen LogP contribution is -2.53. The van der Waals surface area contributed by atoms with Gasteiger partial charge in [0.05, 0.1) is 30.2 Å². The number of hydrogen-bond donors (Lipinski definition) is 0. The number of amides is 1. The summed E-state index contributed by atoms with van der Waals surface area (Å²) in [6.07, 6.45) is 1.38. The number of ether oxygens (including phenoxy) is 2. The van der Waals surface area contributed by atoms with E-state index in [1.165, 1.54) is 4.31 Å². The van der Waals surface area contributed by atoms with Gasteiger partial charge in [-0.15, -0.1) is 0 Å². The predicted octanol–water partition coefficient (Wildman–Crippen LogP) is 2.84. The van der Waals surface area contributed by atoms with Gasteiger partial charge in [0.25, 0.3) is 0 Å². The molecule has 0 spiro atoms. The highest BCUT2D eigenvalue weighted by atomic mass is 32.2. The molecule has 1 amide bonds. The molecule has 0 aromatic heterocycles. The van der Waals surface area contributed by atoms with E-state index in [9.17, 15) is 13.2 Å². The molecule has 9 heteroatoms. The predicted molar refractivity (Wildman–Crippen MR) is 131 cm³/mol. The highest BCUT2D eigenvalue weighted by Crippen LogP contribution is 2.30. The molecule has 1 atom stereocenters. The van der Waals surface area contributed by atoms with Crippen molar-refractivity contribution in [2.45, 2.75) is 24.7 Å². The molecule has 0 saturated carbocycles. The summed E-state index contributed by atoms with van der Waals surface area (Å²) in [6, 6.07) is 14.4. The van der Waals surface area contributed by atoms with Gasteiger partial charge in [-0.05, 0) is 56.2 Å². The summed E-state index contributed by atoms with van der Waals surface area (Å²) >= 11 is 0. The molecule has 0 N–H and O–H groups in total. The molecule has 8 nitrogen and oxygen atoms in total. The van der Waals surface area contributed by atoms with Crippen LogP contribution in [0.15, 0.2) is 53.4 Å². The van der Waals surface area contributed by atoms with Crippen LogP contribution >= 0.6 is 0 Å². The van der Waals surface area contributed by atoms with Crippen LogP contribution in [-0.2, 0) is 14.8 Å². The third kappa shape index (κ3) is 5.15. The number of para-hydroxylation sites is 2. The zero-order chi connectivity index (χ0) is 24.1. The summed E-state index contributed by atoms with van der Waals surface area (Å²) in [5.74, 6) is 1.19. The van der Waals surface area contributed by atoms with Crippen LogP contribution < -0.4 is 14.4 Å². The van der Waals surface area contributed by atoms with Crippen LogP contribution in [0.3, 0.4) is 0 Å². The van der Waals surface area contributed by atoms with E-state index in [2.05, 4.69) is 4.90 Å². The number of carbonyl (C=O) groups excluding carboxylic acids is 1. The smallest absolute Gasteiger partial charge is 0.243 e. The average Bonchev–Trinajstić information content (AvgIpc) is 2.89. The number of anilines is 1. The van der Waals surface area contributed by atoms with Crippen molar-refractivity contribution >= 4 is 21.6 Å². The van der Waals surface area contributed by atoms with Gasteiger partial charge in [-0.25, -0.2) is 8.42 Å². The Bertz CT molecular complexity index is 1080. The number of carbonyl (C=O) groups is 1. The summed E-state index contributed by atoms with van der Waals surface area (Å²) in [5, 5.41) is 0. The second-order valence-electron chi connectivity index (χ2n) is 8.59. The molecule has 2 aliphatic heterocycles. The van der Waals surface area contributed by atoms with Gasteiger partial charge in [-0.1, -0.05) is 12.1 Å². The Morgan fingerprint density at radius 3 is 2.38 bits per heavy atom. The van der Waals surface area contributed by atoms with Gasteiger partial charge in [0.15, 0.2) is 0 Å². The molecule has 4 rings (SSSR count).